The third-order valence-electron chi connectivity index (χ3n) is 7.11. The molecule has 3 unspecified atom stereocenters. The molecule has 3 aromatic rings. The van der Waals surface area contributed by atoms with Crippen molar-refractivity contribution in [3.05, 3.63) is 68.9 Å². The Balaban J connectivity index is 1.67. The Morgan fingerprint density at radius 2 is 1.88 bits per heavy atom. The van der Waals surface area contributed by atoms with Gasteiger partial charge >= 0.3 is 0 Å². The normalized spacial score (nSPS) is 22.3. The summed E-state index contributed by atoms with van der Waals surface area (Å²) in [6.45, 7) is 2.05. The summed E-state index contributed by atoms with van der Waals surface area (Å²) in [6, 6.07) is 12.1. The summed E-state index contributed by atoms with van der Waals surface area (Å²) in [5.74, 6) is 1.66. The zero-order valence-corrected chi connectivity index (χ0v) is 18.8. The number of nitrogens with zero attached hydrogens (tertiary/aromatic N) is 2. The van der Waals surface area contributed by atoms with E-state index in [1.807, 2.05) is 30.3 Å². The Kier molecular flexibility index (Phi) is 5.29. The quantitative estimate of drug-likeness (QED) is 0.455. The topological polar surface area (TPSA) is 78.6 Å². The van der Waals surface area contributed by atoms with Gasteiger partial charge in [-0.05, 0) is 61.6 Å². The molecule has 1 N–H and O–H groups in total. The molecular weight excluding hydrogens is 406 g/mol. The van der Waals surface area contributed by atoms with E-state index in [-0.39, 0.29) is 11.1 Å². The molecule has 3 atom stereocenters. The van der Waals surface area contributed by atoms with Gasteiger partial charge in [-0.2, -0.15) is 0 Å². The fraction of sp³-hybridized carbons (Fsp3) is 0.440. The molecule has 0 bridgehead atoms. The lowest BCUT2D eigenvalue weighted by Crippen LogP contribution is -2.45. The molecule has 168 valence electrons. The van der Waals surface area contributed by atoms with Crippen LogP contribution >= 0.6 is 0 Å². The van der Waals surface area contributed by atoms with Gasteiger partial charge in [0.15, 0.2) is 16.5 Å². The van der Waals surface area contributed by atoms with E-state index < -0.39 is 0 Å². The van der Waals surface area contributed by atoms with Gasteiger partial charge in [0.25, 0.3) is 0 Å². The van der Waals surface area contributed by atoms with Crippen molar-refractivity contribution < 1.29 is 14.5 Å². The number of aromatic nitrogens is 1. The number of aryl methyl sites for hydroxylation is 1. The second kappa shape index (κ2) is 8.13. The smallest absolute Gasteiger partial charge is 0.169 e. The molecule has 5 rings (SSSR count). The highest BCUT2D eigenvalue weighted by atomic mass is 16.7. The van der Waals surface area contributed by atoms with Crippen LogP contribution in [0.4, 0.5) is 0 Å². The molecule has 2 aliphatic rings. The third kappa shape index (κ3) is 3.32. The summed E-state index contributed by atoms with van der Waals surface area (Å²) >= 11 is 0. The standard InChI is InChI=1S/C25H29N3O4/c1-15-8-10-21-18(12-15)24-17-6-4-5-7-19(17)26-20(25(24)27(21)28(29)30)13-16-9-11-22(31-2)23(14-16)32-3/h8-12,14,17,19-20,26H,4-7,13H2,1-3H3. The predicted octanol–water partition coefficient (Wildman–Crippen LogP) is 4.92. The molecular formula is C25H29N3O4. The van der Waals surface area contributed by atoms with E-state index in [1.165, 1.54) is 23.1 Å². The van der Waals surface area contributed by atoms with Gasteiger partial charge in [0.1, 0.15) is 11.2 Å². The van der Waals surface area contributed by atoms with Crippen LogP contribution in [0.3, 0.4) is 0 Å². The molecule has 0 saturated heterocycles. The lowest BCUT2D eigenvalue weighted by Gasteiger charge is -2.40. The Morgan fingerprint density at radius 3 is 2.62 bits per heavy atom. The van der Waals surface area contributed by atoms with Crippen LogP contribution in [0.1, 0.15) is 60.0 Å². The van der Waals surface area contributed by atoms with Crippen molar-refractivity contribution in [1.29, 1.82) is 0 Å². The number of nitrogens with one attached hydrogen (secondary N) is 1. The van der Waals surface area contributed by atoms with Crippen LogP contribution < -0.4 is 14.8 Å². The minimum absolute atomic E-state index is 0.152. The SMILES string of the molecule is COc1ccc(CC2NC3CCCCC3c3c2n([N+](=O)[O-])c2ccc(C)cc32)cc1OC. The molecule has 1 aromatic heterocycles. The van der Waals surface area contributed by atoms with Gasteiger partial charge in [-0.3, -0.25) is 0 Å². The van der Waals surface area contributed by atoms with E-state index in [2.05, 4.69) is 18.3 Å². The maximum atomic E-state index is 12.3. The van der Waals surface area contributed by atoms with Crippen LogP contribution in [0.5, 0.6) is 11.5 Å². The molecule has 1 aliphatic carbocycles. The fourth-order valence-electron chi connectivity index (χ4n) is 5.75. The maximum Gasteiger partial charge on any atom is 0.169 e. The summed E-state index contributed by atoms with van der Waals surface area (Å²) in [4.78, 5) is 12.3. The van der Waals surface area contributed by atoms with Crippen molar-refractivity contribution in [3.8, 4) is 11.5 Å². The van der Waals surface area contributed by atoms with Crippen LogP contribution in [0.25, 0.3) is 10.9 Å². The van der Waals surface area contributed by atoms with Crippen LogP contribution in [-0.2, 0) is 6.42 Å². The molecule has 7 heteroatoms. The molecule has 1 aliphatic heterocycles. The second-order valence-electron chi connectivity index (χ2n) is 8.98. The maximum absolute atomic E-state index is 12.3. The van der Waals surface area contributed by atoms with E-state index in [0.717, 1.165) is 35.0 Å². The number of methoxy groups -OCH3 is 2. The number of fused-ring (bicyclic) bond motifs is 5. The number of nitro groups is 1. The number of ether oxygens (including phenoxy) is 2. The van der Waals surface area contributed by atoms with Crippen molar-refractivity contribution in [3.63, 3.8) is 0 Å². The molecule has 7 nitrogen and oxygen atoms in total. The number of hydrogen-bond acceptors (Lipinski definition) is 5. The summed E-state index contributed by atoms with van der Waals surface area (Å²) < 4.78 is 12.2. The first kappa shape index (κ1) is 20.8. The zero-order chi connectivity index (χ0) is 22.4. The molecule has 2 aromatic carbocycles. The molecule has 0 spiro atoms. The van der Waals surface area contributed by atoms with Crippen molar-refractivity contribution in [1.82, 2.24) is 9.99 Å². The van der Waals surface area contributed by atoms with Crippen molar-refractivity contribution in [2.24, 2.45) is 0 Å². The van der Waals surface area contributed by atoms with Gasteiger partial charge in [0.2, 0.25) is 0 Å². The Hall–Kier alpha value is -3.06. The first-order valence-corrected chi connectivity index (χ1v) is 11.3. The van der Waals surface area contributed by atoms with E-state index in [1.54, 1.807) is 14.2 Å². The van der Waals surface area contributed by atoms with Gasteiger partial charge < -0.3 is 14.8 Å². The lowest BCUT2D eigenvalue weighted by molar-refractivity contribution is -0.539. The third-order valence-corrected chi connectivity index (χ3v) is 7.11. The molecule has 2 heterocycles. The molecule has 0 radical (unpaired) electrons. The van der Waals surface area contributed by atoms with Crippen molar-refractivity contribution >= 4 is 10.9 Å². The molecule has 1 saturated carbocycles. The van der Waals surface area contributed by atoms with E-state index in [9.17, 15) is 10.1 Å². The van der Waals surface area contributed by atoms with Crippen LogP contribution in [0.2, 0.25) is 0 Å². The number of hydrogen-bond donors (Lipinski definition) is 1. The highest BCUT2D eigenvalue weighted by Crippen LogP contribution is 2.47. The summed E-state index contributed by atoms with van der Waals surface area (Å²) in [7, 11) is 3.24. The summed E-state index contributed by atoms with van der Waals surface area (Å²) in [6.07, 6.45) is 5.17. The monoisotopic (exact) mass is 435 g/mol. The number of benzene rings is 2. The molecule has 32 heavy (non-hydrogen) atoms. The van der Waals surface area contributed by atoms with Gasteiger partial charge in [0.05, 0.1) is 20.3 Å². The lowest BCUT2D eigenvalue weighted by atomic mass is 9.74. The van der Waals surface area contributed by atoms with Crippen LogP contribution in [0, 0.1) is 17.0 Å². The van der Waals surface area contributed by atoms with E-state index >= 15 is 0 Å². The summed E-state index contributed by atoms with van der Waals surface area (Å²) in [5, 5.41) is 16.9. The molecule has 0 amide bonds. The highest BCUT2D eigenvalue weighted by molar-refractivity contribution is 5.87. The fourth-order valence-corrected chi connectivity index (χ4v) is 5.75. The Labute approximate surface area is 187 Å². The van der Waals surface area contributed by atoms with Gasteiger partial charge in [-0.1, -0.05) is 35.2 Å². The number of rotatable bonds is 5. The Morgan fingerprint density at radius 1 is 1.09 bits per heavy atom. The van der Waals surface area contributed by atoms with E-state index in [0.29, 0.717) is 35.4 Å². The average molecular weight is 436 g/mol. The van der Waals surface area contributed by atoms with Crippen LogP contribution in [-0.4, -0.2) is 30.0 Å². The second-order valence-corrected chi connectivity index (χ2v) is 8.98. The summed E-state index contributed by atoms with van der Waals surface area (Å²) in [5.41, 5.74) is 4.85. The minimum atomic E-state index is -0.261. The van der Waals surface area contributed by atoms with E-state index in [4.69, 9.17) is 9.47 Å². The Bertz CT molecular complexity index is 1190. The first-order valence-electron chi connectivity index (χ1n) is 11.3. The highest BCUT2D eigenvalue weighted by Gasteiger charge is 2.42. The van der Waals surface area contributed by atoms with Gasteiger partial charge in [0, 0.05) is 17.3 Å². The van der Waals surface area contributed by atoms with Gasteiger partial charge in [-0.15, -0.1) is 0 Å². The minimum Gasteiger partial charge on any atom is -0.493 e. The molecule has 1 fully saturated rings. The average Bonchev–Trinajstić information content (AvgIpc) is 3.14. The largest absolute Gasteiger partial charge is 0.493 e. The van der Waals surface area contributed by atoms with Crippen molar-refractivity contribution in [2.75, 3.05) is 14.2 Å². The van der Waals surface area contributed by atoms with Gasteiger partial charge in [-0.25, -0.2) is 10.1 Å². The predicted molar refractivity (Wildman–Crippen MR) is 123 cm³/mol. The first-order chi connectivity index (χ1) is 15.5. The zero-order valence-electron chi connectivity index (χ0n) is 18.8. The van der Waals surface area contributed by atoms with Crippen molar-refractivity contribution in [2.45, 2.75) is 57.0 Å². The van der Waals surface area contributed by atoms with Crippen LogP contribution in [0.15, 0.2) is 36.4 Å².